The Hall–Kier alpha value is -1.35. The molecule has 10 heteroatoms. The van der Waals surface area contributed by atoms with Gasteiger partial charge in [-0.1, -0.05) is 35.1 Å². The van der Waals surface area contributed by atoms with Gasteiger partial charge in [-0.15, -0.1) is 0 Å². The van der Waals surface area contributed by atoms with Gasteiger partial charge in [0.25, 0.3) is 5.95 Å². The Morgan fingerprint density at radius 2 is 1.93 bits per heavy atom. The zero-order valence-corrected chi connectivity index (χ0v) is 18.4. The summed E-state index contributed by atoms with van der Waals surface area (Å²) in [5.74, 6) is 0.954. The molecule has 0 bridgehead atoms. The van der Waals surface area contributed by atoms with E-state index in [9.17, 15) is 5.11 Å². The molecule has 154 valence electrons. The third-order valence-electron chi connectivity index (χ3n) is 4.62. The summed E-state index contributed by atoms with van der Waals surface area (Å²) in [6.07, 6.45) is 1.77. The Balaban J connectivity index is 1.79. The van der Waals surface area contributed by atoms with E-state index in [0.717, 1.165) is 31.5 Å². The number of nitrogens with two attached hydrogens (primary N) is 1. The number of phenols is 1. The van der Waals surface area contributed by atoms with Crippen molar-refractivity contribution in [3.63, 3.8) is 0 Å². The number of rotatable bonds is 5. The van der Waals surface area contributed by atoms with Gasteiger partial charge in [0.05, 0.1) is 10.0 Å². The smallest absolute Gasteiger partial charge is 0.320 e. The van der Waals surface area contributed by atoms with Crippen LogP contribution in [0.5, 0.6) is 5.75 Å². The molecule has 1 saturated heterocycles. The number of phenolic OH excluding ortho intramolecular Hbond substituents is 1. The Kier molecular flexibility index (Phi) is 6.54. The maximum absolute atomic E-state index is 10.5. The first kappa shape index (κ1) is 21.4. The zero-order chi connectivity index (χ0) is 20.5. The van der Waals surface area contributed by atoms with Crippen molar-refractivity contribution in [2.24, 2.45) is 5.92 Å². The summed E-state index contributed by atoms with van der Waals surface area (Å²) in [6.45, 7) is 7.95. The van der Waals surface area contributed by atoms with Crippen molar-refractivity contribution in [1.29, 1.82) is 0 Å². The lowest BCUT2D eigenvalue weighted by molar-refractivity contribution is 0.320. The molecule has 0 aliphatic carbocycles. The molecule has 7 nitrogen and oxygen atoms in total. The highest BCUT2D eigenvalue weighted by Gasteiger charge is 2.32. The van der Waals surface area contributed by atoms with E-state index >= 15 is 0 Å². The van der Waals surface area contributed by atoms with E-state index in [-0.39, 0.29) is 22.6 Å². The van der Waals surface area contributed by atoms with Gasteiger partial charge in [-0.25, -0.2) is 0 Å². The molecule has 0 saturated carbocycles. The molecule has 1 aliphatic heterocycles. The monoisotopic (exact) mass is 445 g/mol. The van der Waals surface area contributed by atoms with Gasteiger partial charge in [-0.05, 0) is 50.8 Å². The molecule has 0 amide bonds. The Morgan fingerprint density at radius 1 is 1.29 bits per heavy atom. The second-order valence-electron chi connectivity index (χ2n) is 7.89. The van der Waals surface area contributed by atoms with Gasteiger partial charge in [-0.2, -0.15) is 4.98 Å². The summed E-state index contributed by atoms with van der Waals surface area (Å²) >= 11 is 13.9. The van der Waals surface area contributed by atoms with Crippen LogP contribution in [-0.4, -0.2) is 33.1 Å². The van der Waals surface area contributed by atoms with E-state index in [4.69, 9.17) is 33.5 Å². The van der Waals surface area contributed by atoms with Gasteiger partial charge in [0, 0.05) is 35.5 Å². The number of nitrogens with zero attached hydrogens (tertiary/aromatic N) is 3. The van der Waals surface area contributed by atoms with Crippen molar-refractivity contribution in [1.82, 2.24) is 14.9 Å². The fraction of sp³-hybridized carbons (Fsp3) is 0.556. The van der Waals surface area contributed by atoms with E-state index in [1.54, 1.807) is 18.0 Å². The fourth-order valence-corrected chi connectivity index (χ4v) is 4.37. The topological polar surface area (TPSA) is 100 Å². The maximum Gasteiger partial charge on any atom is 0.320 e. The summed E-state index contributed by atoms with van der Waals surface area (Å²) in [5.41, 5.74) is 6.29. The Morgan fingerprint density at radius 3 is 2.50 bits per heavy atom. The summed E-state index contributed by atoms with van der Waals surface area (Å²) in [5, 5.41) is 15.2. The minimum absolute atomic E-state index is 0.0208. The van der Waals surface area contributed by atoms with E-state index < -0.39 is 0 Å². The van der Waals surface area contributed by atoms with E-state index in [1.165, 1.54) is 6.07 Å². The third-order valence-corrected chi connectivity index (χ3v) is 6.33. The Labute approximate surface area is 179 Å². The number of hydrogen-bond donors (Lipinski definition) is 3. The molecule has 2 aromatic rings. The van der Waals surface area contributed by atoms with Gasteiger partial charge in [0.1, 0.15) is 5.75 Å². The molecule has 1 aliphatic rings. The molecule has 1 fully saturated rings. The normalized spacial score (nSPS) is 17.1. The predicted octanol–water partition coefficient (Wildman–Crippen LogP) is 4.66. The van der Waals surface area contributed by atoms with E-state index in [0.29, 0.717) is 21.9 Å². The largest absolute Gasteiger partial charge is 0.508 e. The van der Waals surface area contributed by atoms with Crippen LogP contribution in [0.4, 0.5) is 12.0 Å². The average molecular weight is 446 g/mol. The minimum Gasteiger partial charge on any atom is -0.508 e. The quantitative estimate of drug-likeness (QED) is 0.571. The molecular weight excluding hydrogens is 421 g/mol. The number of aromatic nitrogens is 2. The van der Waals surface area contributed by atoms with Crippen LogP contribution in [0.25, 0.3) is 0 Å². The molecule has 28 heavy (non-hydrogen) atoms. The second kappa shape index (κ2) is 8.57. The molecule has 1 atom stereocenters. The SMILES string of the molecule is CC(C)(C)SNC(c1cc(Cl)c(Cl)cc1O)C1CCN(c2noc(N)n2)CC1. The number of anilines is 2. The summed E-state index contributed by atoms with van der Waals surface area (Å²) in [7, 11) is 0. The third kappa shape index (κ3) is 5.17. The van der Waals surface area contributed by atoms with E-state index in [2.05, 4.69) is 40.5 Å². The molecule has 0 radical (unpaired) electrons. The van der Waals surface area contributed by atoms with Gasteiger partial charge < -0.3 is 20.3 Å². The van der Waals surface area contributed by atoms with Gasteiger partial charge >= 0.3 is 6.01 Å². The Bertz CT molecular complexity index is 819. The van der Waals surface area contributed by atoms with Crippen molar-refractivity contribution in [3.8, 4) is 5.75 Å². The molecule has 0 spiro atoms. The lowest BCUT2D eigenvalue weighted by Crippen LogP contribution is -2.39. The highest BCUT2D eigenvalue weighted by atomic mass is 35.5. The number of piperidine rings is 1. The highest BCUT2D eigenvalue weighted by Crippen LogP contribution is 2.41. The lowest BCUT2D eigenvalue weighted by Gasteiger charge is -2.37. The van der Waals surface area contributed by atoms with Crippen LogP contribution >= 0.6 is 35.1 Å². The highest BCUT2D eigenvalue weighted by molar-refractivity contribution is 7.98. The molecule has 1 unspecified atom stereocenters. The molecule has 1 aromatic carbocycles. The maximum atomic E-state index is 10.5. The van der Waals surface area contributed by atoms with Crippen molar-refractivity contribution >= 4 is 47.1 Å². The van der Waals surface area contributed by atoms with Gasteiger partial charge in [-0.3, -0.25) is 4.72 Å². The first-order chi connectivity index (χ1) is 13.1. The number of hydrogen-bond acceptors (Lipinski definition) is 8. The number of nitrogens with one attached hydrogen (secondary N) is 1. The van der Waals surface area contributed by atoms with Crippen molar-refractivity contribution in [2.45, 2.75) is 44.4 Å². The number of aromatic hydroxyl groups is 1. The minimum atomic E-state index is -0.0727. The summed E-state index contributed by atoms with van der Waals surface area (Å²) < 4.78 is 8.46. The zero-order valence-electron chi connectivity index (χ0n) is 16.1. The van der Waals surface area contributed by atoms with Crippen LogP contribution in [-0.2, 0) is 0 Å². The summed E-state index contributed by atoms with van der Waals surface area (Å²) in [6, 6.07) is 3.26. The van der Waals surface area contributed by atoms with Crippen LogP contribution < -0.4 is 15.4 Å². The molecule has 1 aromatic heterocycles. The molecule has 3 rings (SSSR count). The molecule has 2 heterocycles. The lowest BCUT2D eigenvalue weighted by atomic mass is 9.85. The standard InChI is InChI=1S/C18H25Cl2N5O2S/c1-18(2,3)28-24-15(11-8-12(19)13(20)9-14(11)26)10-4-6-25(7-5-10)17-22-16(21)27-23-17/h8-10,15,24,26H,4-7H2,1-3H3,(H2,21,22,23). The number of nitrogen functional groups attached to an aromatic ring is 1. The summed E-state index contributed by atoms with van der Waals surface area (Å²) in [4.78, 5) is 6.16. The number of benzene rings is 1. The number of halogens is 2. The van der Waals surface area contributed by atoms with Crippen LogP contribution in [0.2, 0.25) is 10.0 Å². The van der Waals surface area contributed by atoms with Crippen LogP contribution in [0.15, 0.2) is 16.7 Å². The van der Waals surface area contributed by atoms with E-state index in [1.807, 2.05) is 0 Å². The second-order valence-corrected chi connectivity index (χ2v) is 10.4. The van der Waals surface area contributed by atoms with Crippen molar-refractivity contribution < 1.29 is 9.63 Å². The van der Waals surface area contributed by atoms with Crippen LogP contribution in [0, 0.1) is 5.92 Å². The van der Waals surface area contributed by atoms with Gasteiger partial charge in [0.2, 0.25) is 0 Å². The van der Waals surface area contributed by atoms with Gasteiger partial charge in [0.15, 0.2) is 0 Å². The predicted molar refractivity (Wildman–Crippen MR) is 115 cm³/mol. The van der Waals surface area contributed by atoms with Crippen LogP contribution in [0.1, 0.15) is 45.2 Å². The van der Waals surface area contributed by atoms with Crippen molar-refractivity contribution in [3.05, 3.63) is 27.7 Å². The molecule has 4 N–H and O–H groups in total. The first-order valence-corrected chi connectivity index (χ1v) is 10.7. The first-order valence-electron chi connectivity index (χ1n) is 9.09. The van der Waals surface area contributed by atoms with Crippen LogP contribution in [0.3, 0.4) is 0 Å². The average Bonchev–Trinajstić information content (AvgIpc) is 3.05. The fourth-order valence-electron chi connectivity index (χ4n) is 3.24. The molecular formula is C18H25Cl2N5O2S. The van der Waals surface area contributed by atoms with Crippen molar-refractivity contribution in [2.75, 3.05) is 23.7 Å².